The summed E-state index contributed by atoms with van der Waals surface area (Å²) in [5.41, 5.74) is 0. The zero-order valence-electron chi connectivity index (χ0n) is 9.44. The lowest BCUT2D eigenvalue weighted by molar-refractivity contribution is -0.107. The Morgan fingerprint density at radius 3 is 3.20 bits per heavy atom. The van der Waals surface area contributed by atoms with Crippen LogP contribution in [0.5, 0.6) is 0 Å². The maximum Gasteiger partial charge on any atom is 0.315 e. The molecule has 0 aromatic heterocycles. The molecule has 2 aliphatic heterocycles. The standard InChI is InChI=1S/C10H16N2O2S/c13-5-3-1-2-4-8-9-7(6-15-8)11-10(14)12-9/h5,7-9H,1-4,6H2,(H2,11,12,14)/t7-,8-,9-/m0/s1/i3T/t3?,7-,8-,9-. The Morgan fingerprint density at radius 2 is 2.40 bits per heavy atom. The van der Waals surface area contributed by atoms with Crippen LogP contribution in [0, 0.1) is 0 Å². The largest absolute Gasteiger partial charge is 0.332 e. The molecule has 5 heteroatoms. The van der Waals surface area contributed by atoms with E-state index in [1.54, 1.807) is 0 Å². The average Bonchev–Trinajstić information content (AvgIpc) is 2.78. The van der Waals surface area contributed by atoms with Gasteiger partial charge in [-0.05, 0) is 12.8 Å². The zero-order valence-corrected chi connectivity index (χ0v) is 9.26. The van der Waals surface area contributed by atoms with Crippen molar-refractivity contribution in [1.82, 2.24) is 10.6 Å². The van der Waals surface area contributed by atoms with Gasteiger partial charge in [-0.15, -0.1) is 0 Å². The Morgan fingerprint density at radius 1 is 1.53 bits per heavy atom. The van der Waals surface area contributed by atoms with E-state index in [9.17, 15) is 9.59 Å². The van der Waals surface area contributed by atoms with Gasteiger partial charge in [0.15, 0.2) is 0 Å². The van der Waals surface area contributed by atoms with Gasteiger partial charge in [0.2, 0.25) is 0 Å². The lowest BCUT2D eigenvalue weighted by Gasteiger charge is -2.15. The third-order valence-electron chi connectivity index (χ3n) is 2.89. The first-order valence-corrected chi connectivity index (χ1v) is 6.32. The first-order chi connectivity index (χ1) is 7.70. The summed E-state index contributed by atoms with van der Waals surface area (Å²) in [7, 11) is 0. The highest BCUT2D eigenvalue weighted by molar-refractivity contribution is 8.00. The van der Waals surface area contributed by atoms with Gasteiger partial charge in [-0.3, -0.25) is 0 Å². The number of urea groups is 1. The van der Waals surface area contributed by atoms with Gasteiger partial charge in [0.1, 0.15) is 6.29 Å². The number of thioether (sulfide) groups is 1. The molecule has 0 saturated carbocycles. The molecule has 2 rings (SSSR count). The van der Waals surface area contributed by atoms with Crippen LogP contribution in [0.2, 0.25) is 0 Å². The fourth-order valence-corrected chi connectivity index (χ4v) is 3.69. The lowest BCUT2D eigenvalue weighted by atomic mass is 10.0. The molecule has 84 valence electrons. The van der Waals surface area contributed by atoms with E-state index in [-0.39, 0.29) is 18.1 Å². The number of hydrogen-bond acceptors (Lipinski definition) is 3. The van der Waals surface area contributed by atoms with Crippen LogP contribution in [0.15, 0.2) is 0 Å². The number of carbonyl (C=O) groups is 2. The van der Waals surface area contributed by atoms with E-state index in [0.29, 0.717) is 18.0 Å². The van der Waals surface area contributed by atoms with Crippen molar-refractivity contribution >= 4 is 24.1 Å². The predicted molar refractivity (Wildman–Crippen MR) is 60.0 cm³/mol. The molecule has 0 spiro atoms. The van der Waals surface area contributed by atoms with Gasteiger partial charge in [0.25, 0.3) is 0 Å². The summed E-state index contributed by atoms with van der Waals surface area (Å²) in [4.78, 5) is 21.4. The van der Waals surface area contributed by atoms with E-state index >= 15 is 0 Å². The van der Waals surface area contributed by atoms with E-state index < -0.39 is 6.40 Å². The van der Waals surface area contributed by atoms with Crippen molar-refractivity contribution in [1.29, 1.82) is 0 Å². The minimum atomic E-state index is -0.585. The van der Waals surface area contributed by atoms with Crippen LogP contribution in [0.25, 0.3) is 0 Å². The predicted octanol–water partition coefficient (Wildman–Crippen LogP) is 0.911. The average molecular weight is 230 g/mol. The van der Waals surface area contributed by atoms with Gasteiger partial charge < -0.3 is 15.4 Å². The molecule has 2 N–H and O–H groups in total. The highest BCUT2D eigenvalue weighted by atomic mass is 32.2. The summed E-state index contributed by atoms with van der Waals surface area (Å²) in [6, 6.07) is 0.435. The molecule has 2 fully saturated rings. The lowest BCUT2D eigenvalue weighted by Crippen LogP contribution is -2.36. The van der Waals surface area contributed by atoms with Crippen molar-refractivity contribution in [2.24, 2.45) is 0 Å². The molecule has 2 amide bonds. The van der Waals surface area contributed by atoms with Crippen molar-refractivity contribution in [3.63, 3.8) is 0 Å². The van der Waals surface area contributed by atoms with Gasteiger partial charge in [0.05, 0.1) is 12.1 Å². The summed E-state index contributed by atoms with van der Waals surface area (Å²) in [5, 5.41) is 6.26. The molecule has 1 unspecified atom stereocenters. The summed E-state index contributed by atoms with van der Waals surface area (Å²) in [5.74, 6) is 0.964. The Balaban J connectivity index is 1.74. The van der Waals surface area contributed by atoms with Gasteiger partial charge in [-0.1, -0.05) is 6.42 Å². The summed E-state index contributed by atoms with van der Waals surface area (Å²) in [6.45, 7) is 0. The van der Waals surface area contributed by atoms with Crippen LogP contribution in [0.1, 0.15) is 27.0 Å². The molecule has 0 aromatic rings. The first-order valence-electron chi connectivity index (χ1n) is 5.84. The number of aldehydes is 1. The molecule has 2 heterocycles. The molecule has 2 saturated heterocycles. The molecule has 0 bridgehead atoms. The van der Waals surface area contributed by atoms with Crippen molar-refractivity contribution in [2.75, 3.05) is 5.75 Å². The second kappa shape index (κ2) is 4.88. The minimum absolute atomic E-state index is 0.0634. The SMILES string of the molecule is [3H]C(C=O)CCC[C@@H]1SC[C@@H]2NC(=O)N[C@@H]21. The number of nitrogens with one attached hydrogen (secondary N) is 2. The summed E-state index contributed by atoms with van der Waals surface area (Å²) < 4.78 is 7.32. The Labute approximate surface area is 95.0 Å². The molecular weight excluding hydrogens is 212 g/mol. The number of rotatable bonds is 5. The molecule has 15 heavy (non-hydrogen) atoms. The Hall–Kier alpha value is -0.710. The van der Waals surface area contributed by atoms with E-state index in [1.807, 2.05) is 11.8 Å². The topological polar surface area (TPSA) is 58.2 Å². The molecule has 0 aromatic carbocycles. The van der Waals surface area contributed by atoms with E-state index in [1.165, 1.54) is 0 Å². The molecule has 4 nitrogen and oxygen atoms in total. The fourth-order valence-electron chi connectivity index (χ4n) is 2.15. The van der Waals surface area contributed by atoms with Crippen LogP contribution in [-0.4, -0.2) is 35.4 Å². The Kier molecular flexibility index (Phi) is 3.09. The fraction of sp³-hybridized carbons (Fsp3) is 0.800. The number of amides is 2. The van der Waals surface area contributed by atoms with Crippen LogP contribution in [0.4, 0.5) is 4.79 Å². The summed E-state index contributed by atoms with van der Waals surface area (Å²) in [6.07, 6.45) is 2.57. The monoisotopic (exact) mass is 230 g/mol. The summed E-state index contributed by atoms with van der Waals surface area (Å²) >= 11 is 1.87. The van der Waals surface area contributed by atoms with E-state index in [4.69, 9.17) is 1.37 Å². The van der Waals surface area contributed by atoms with Gasteiger partial charge in [-0.25, -0.2) is 4.79 Å². The zero-order chi connectivity index (χ0) is 11.5. The number of hydrogen-bond donors (Lipinski definition) is 2. The second-order valence-electron chi connectivity index (χ2n) is 3.92. The third kappa shape index (κ3) is 2.45. The maximum absolute atomic E-state index is 11.1. The molecular formula is C10H16N2O2S. The normalized spacial score (nSPS) is 36.4. The van der Waals surface area contributed by atoms with E-state index in [2.05, 4.69) is 10.6 Å². The first kappa shape index (κ1) is 9.51. The number of carbonyl (C=O) groups excluding carboxylic acids is 2. The van der Waals surface area contributed by atoms with Crippen LogP contribution in [-0.2, 0) is 4.79 Å². The third-order valence-corrected chi connectivity index (χ3v) is 4.40. The van der Waals surface area contributed by atoms with Crippen molar-refractivity contribution in [3.05, 3.63) is 0 Å². The molecule has 0 aliphatic carbocycles. The van der Waals surface area contributed by atoms with Crippen molar-refractivity contribution < 1.29 is 11.0 Å². The number of fused-ring (bicyclic) bond motifs is 1. The second-order valence-corrected chi connectivity index (χ2v) is 5.20. The van der Waals surface area contributed by atoms with Crippen molar-refractivity contribution in [2.45, 2.75) is 43.0 Å². The quantitative estimate of drug-likeness (QED) is 0.545. The highest BCUT2D eigenvalue weighted by Crippen LogP contribution is 2.33. The van der Waals surface area contributed by atoms with Crippen LogP contribution in [0.3, 0.4) is 0 Å². The highest BCUT2D eigenvalue weighted by Gasteiger charge is 2.42. The smallest absolute Gasteiger partial charge is 0.315 e. The van der Waals surface area contributed by atoms with Gasteiger partial charge in [-0.2, -0.15) is 11.8 Å². The minimum Gasteiger partial charge on any atom is -0.332 e. The van der Waals surface area contributed by atoms with Crippen LogP contribution < -0.4 is 10.6 Å². The van der Waals surface area contributed by atoms with Gasteiger partial charge in [0, 0.05) is 18.8 Å². The maximum atomic E-state index is 11.1. The molecule has 4 atom stereocenters. The molecule has 2 aliphatic rings. The van der Waals surface area contributed by atoms with Crippen molar-refractivity contribution in [3.8, 4) is 0 Å². The Bertz CT molecular complexity index is 290. The van der Waals surface area contributed by atoms with Crippen LogP contribution >= 0.6 is 11.8 Å². The molecule has 0 radical (unpaired) electrons. The van der Waals surface area contributed by atoms with E-state index in [0.717, 1.165) is 18.6 Å². The van der Waals surface area contributed by atoms with Gasteiger partial charge >= 0.3 is 6.03 Å².